The van der Waals surface area contributed by atoms with Crippen LogP contribution in [0.15, 0.2) is 12.1 Å². The Morgan fingerprint density at radius 3 is 2.79 bits per heavy atom. The Bertz CT molecular complexity index is 457. The molecule has 0 spiro atoms. The standard InChI is InChI=1S/C11H14F2N2O4/c1-19-6-8(16)2-3-14-10-5-7(12)4-9(13)11(10)15(17)18/h4-5,8,14,16H,2-3,6H2,1H3. The van der Waals surface area contributed by atoms with E-state index in [1.807, 2.05) is 0 Å². The summed E-state index contributed by atoms with van der Waals surface area (Å²) >= 11 is 0. The number of nitrogens with one attached hydrogen (secondary N) is 1. The van der Waals surface area contributed by atoms with Crippen LogP contribution >= 0.6 is 0 Å². The van der Waals surface area contributed by atoms with Crippen LogP contribution in [0.2, 0.25) is 0 Å². The molecule has 106 valence electrons. The van der Waals surface area contributed by atoms with Crippen LogP contribution in [-0.2, 0) is 4.74 Å². The van der Waals surface area contributed by atoms with E-state index in [0.29, 0.717) is 6.07 Å². The van der Waals surface area contributed by atoms with Crippen molar-refractivity contribution in [3.8, 4) is 0 Å². The Balaban J connectivity index is 2.74. The van der Waals surface area contributed by atoms with Crippen molar-refractivity contribution in [1.29, 1.82) is 0 Å². The number of anilines is 1. The average Bonchev–Trinajstić information content (AvgIpc) is 2.27. The van der Waals surface area contributed by atoms with Crippen molar-refractivity contribution in [2.75, 3.05) is 25.6 Å². The molecule has 0 bridgehead atoms. The molecule has 1 rings (SSSR count). The largest absolute Gasteiger partial charge is 0.391 e. The van der Waals surface area contributed by atoms with Crippen molar-refractivity contribution in [2.24, 2.45) is 0 Å². The summed E-state index contributed by atoms with van der Waals surface area (Å²) in [5.74, 6) is -2.16. The molecule has 1 aromatic rings. The normalized spacial score (nSPS) is 12.2. The number of aliphatic hydroxyl groups excluding tert-OH is 1. The highest BCUT2D eigenvalue weighted by Gasteiger charge is 2.21. The topological polar surface area (TPSA) is 84.6 Å². The molecule has 1 atom stereocenters. The molecule has 0 fully saturated rings. The Morgan fingerprint density at radius 1 is 1.53 bits per heavy atom. The summed E-state index contributed by atoms with van der Waals surface area (Å²) in [6, 6.07) is 1.28. The van der Waals surface area contributed by atoms with Gasteiger partial charge in [-0.2, -0.15) is 4.39 Å². The van der Waals surface area contributed by atoms with Crippen molar-refractivity contribution < 1.29 is 23.5 Å². The van der Waals surface area contributed by atoms with Crippen LogP contribution in [-0.4, -0.2) is 36.4 Å². The molecule has 0 saturated heterocycles. The van der Waals surface area contributed by atoms with E-state index in [0.717, 1.165) is 6.07 Å². The molecule has 0 radical (unpaired) electrons. The first-order valence-electron chi connectivity index (χ1n) is 5.50. The fraction of sp³-hybridized carbons (Fsp3) is 0.455. The summed E-state index contributed by atoms with van der Waals surface area (Å²) in [5, 5.41) is 22.6. The van der Waals surface area contributed by atoms with Crippen LogP contribution in [0.4, 0.5) is 20.2 Å². The number of halogens is 2. The Hall–Kier alpha value is -1.80. The van der Waals surface area contributed by atoms with Gasteiger partial charge in [0.25, 0.3) is 0 Å². The minimum absolute atomic E-state index is 0.112. The smallest absolute Gasteiger partial charge is 0.327 e. The van der Waals surface area contributed by atoms with Crippen molar-refractivity contribution in [3.05, 3.63) is 33.9 Å². The van der Waals surface area contributed by atoms with E-state index in [9.17, 15) is 24.0 Å². The number of hydrogen-bond donors (Lipinski definition) is 2. The van der Waals surface area contributed by atoms with Gasteiger partial charge in [-0.25, -0.2) is 4.39 Å². The zero-order chi connectivity index (χ0) is 14.4. The maximum Gasteiger partial charge on any atom is 0.327 e. The van der Waals surface area contributed by atoms with Crippen molar-refractivity contribution in [3.63, 3.8) is 0 Å². The summed E-state index contributed by atoms with van der Waals surface area (Å²) in [4.78, 5) is 9.76. The van der Waals surface area contributed by atoms with Crippen molar-refractivity contribution in [1.82, 2.24) is 0 Å². The van der Waals surface area contributed by atoms with E-state index >= 15 is 0 Å². The molecule has 0 aromatic heterocycles. The van der Waals surface area contributed by atoms with Gasteiger partial charge in [0.15, 0.2) is 0 Å². The number of benzene rings is 1. The second-order valence-electron chi connectivity index (χ2n) is 3.87. The Kier molecular flexibility index (Phi) is 5.58. The zero-order valence-electron chi connectivity index (χ0n) is 10.2. The highest BCUT2D eigenvalue weighted by atomic mass is 19.1. The number of nitrogens with zero attached hydrogens (tertiary/aromatic N) is 1. The average molecular weight is 276 g/mol. The number of methoxy groups -OCH3 is 1. The van der Waals surface area contributed by atoms with Crippen molar-refractivity contribution >= 4 is 11.4 Å². The van der Waals surface area contributed by atoms with Gasteiger partial charge in [-0.3, -0.25) is 10.1 Å². The van der Waals surface area contributed by atoms with Gasteiger partial charge in [-0.1, -0.05) is 0 Å². The quantitative estimate of drug-likeness (QED) is 0.584. The minimum atomic E-state index is -1.25. The predicted octanol–water partition coefficient (Wildman–Crippen LogP) is 1.68. The highest BCUT2D eigenvalue weighted by molar-refractivity contribution is 5.62. The van der Waals surface area contributed by atoms with E-state index in [4.69, 9.17) is 4.74 Å². The molecule has 6 nitrogen and oxygen atoms in total. The van der Waals surface area contributed by atoms with Gasteiger partial charge in [0.2, 0.25) is 5.82 Å². The highest BCUT2D eigenvalue weighted by Crippen LogP contribution is 2.28. The molecule has 8 heteroatoms. The van der Waals surface area contributed by atoms with Crippen LogP contribution in [0.3, 0.4) is 0 Å². The number of nitro groups is 1. The molecule has 1 aromatic carbocycles. The third kappa shape index (κ3) is 4.42. The lowest BCUT2D eigenvalue weighted by molar-refractivity contribution is -0.386. The first-order valence-corrected chi connectivity index (χ1v) is 5.50. The maximum absolute atomic E-state index is 13.3. The third-order valence-corrected chi connectivity index (χ3v) is 2.36. The summed E-state index contributed by atoms with van der Waals surface area (Å²) in [6.07, 6.45) is -0.529. The second kappa shape index (κ2) is 6.95. The molecule has 0 aliphatic heterocycles. The summed E-state index contributed by atoms with van der Waals surface area (Å²) in [5.41, 5.74) is -1.07. The molecule has 0 heterocycles. The molecule has 0 saturated carbocycles. The molecular formula is C11H14F2N2O4. The minimum Gasteiger partial charge on any atom is -0.391 e. The molecule has 1 unspecified atom stereocenters. The maximum atomic E-state index is 13.3. The van der Waals surface area contributed by atoms with Gasteiger partial charge >= 0.3 is 5.69 Å². The van der Waals surface area contributed by atoms with Crippen LogP contribution < -0.4 is 5.32 Å². The molecule has 2 N–H and O–H groups in total. The molecule has 19 heavy (non-hydrogen) atoms. The third-order valence-electron chi connectivity index (χ3n) is 2.36. The fourth-order valence-electron chi connectivity index (χ4n) is 1.54. The number of hydrogen-bond acceptors (Lipinski definition) is 5. The van der Waals surface area contributed by atoms with E-state index in [-0.39, 0.29) is 25.3 Å². The summed E-state index contributed by atoms with van der Waals surface area (Å²) in [7, 11) is 1.42. The lowest BCUT2D eigenvalue weighted by atomic mass is 10.2. The number of nitro benzene ring substituents is 1. The zero-order valence-corrected chi connectivity index (χ0v) is 10.2. The lowest BCUT2D eigenvalue weighted by Crippen LogP contribution is -2.18. The van der Waals surface area contributed by atoms with Gasteiger partial charge in [0, 0.05) is 25.8 Å². The van der Waals surface area contributed by atoms with Crippen LogP contribution in [0.5, 0.6) is 0 Å². The fourth-order valence-corrected chi connectivity index (χ4v) is 1.54. The predicted molar refractivity (Wildman–Crippen MR) is 64.0 cm³/mol. The van der Waals surface area contributed by atoms with Crippen molar-refractivity contribution in [2.45, 2.75) is 12.5 Å². The molecule has 0 aliphatic rings. The van der Waals surface area contributed by atoms with Gasteiger partial charge in [0.1, 0.15) is 11.5 Å². The van der Waals surface area contributed by atoms with Gasteiger partial charge in [-0.05, 0) is 6.42 Å². The second-order valence-corrected chi connectivity index (χ2v) is 3.87. The molecule has 0 aliphatic carbocycles. The van der Waals surface area contributed by atoms with Crippen LogP contribution in [0.1, 0.15) is 6.42 Å². The SMILES string of the molecule is COCC(O)CCNc1cc(F)cc(F)c1[N+](=O)[O-]. The summed E-state index contributed by atoms with van der Waals surface area (Å²) in [6.45, 7) is 0.232. The number of rotatable bonds is 7. The first kappa shape index (κ1) is 15.3. The van der Waals surface area contributed by atoms with E-state index in [1.54, 1.807) is 0 Å². The van der Waals surface area contributed by atoms with E-state index in [2.05, 4.69) is 5.32 Å². The van der Waals surface area contributed by atoms with Gasteiger partial charge in [0.05, 0.1) is 17.6 Å². The van der Waals surface area contributed by atoms with Gasteiger partial charge < -0.3 is 15.2 Å². The molecule has 0 amide bonds. The number of aliphatic hydroxyl groups is 1. The first-order chi connectivity index (χ1) is 8.95. The Labute approximate surface area is 108 Å². The molecular weight excluding hydrogens is 262 g/mol. The monoisotopic (exact) mass is 276 g/mol. The summed E-state index contributed by atoms with van der Waals surface area (Å²) < 4.78 is 31.0. The number of ether oxygens (including phenoxy) is 1. The van der Waals surface area contributed by atoms with Crippen LogP contribution in [0.25, 0.3) is 0 Å². The lowest BCUT2D eigenvalue weighted by Gasteiger charge is -2.11. The Morgan fingerprint density at radius 2 is 2.21 bits per heavy atom. The van der Waals surface area contributed by atoms with Crippen LogP contribution in [0, 0.1) is 21.7 Å². The van der Waals surface area contributed by atoms with E-state index in [1.165, 1.54) is 7.11 Å². The van der Waals surface area contributed by atoms with Gasteiger partial charge in [-0.15, -0.1) is 0 Å². The van der Waals surface area contributed by atoms with E-state index < -0.39 is 28.3 Å².